The summed E-state index contributed by atoms with van der Waals surface area (Å²) in [6.07, 6.45) is 1.52. The fraction of sp³-hybridized carbons (Fsp3) is 0.292. The van der Waals surface area contributed by atoms with Gasteiger partial charge in [-0.1, -0.05) is 44.2 Å². The molecule has 0 radical (unpaired) electrons. The summed E-state index contributed by atoms with van der Waals surface area (Å²) in [4.78, 5) is 37.0. The highest BCUT2D eigenvalue weighted by Crippen LogP contribution is 2.16. The Morgan fingerprint density at radius 2 is 1.55 bits per heavy atom. The normalized spacial score (nSPS) is 12.4. The molecule has 0 aliphatic carbocycles. The smallest absolute Gasteiger partial charge is 0.326 e. The zero-order valence-electron chi connectivity index (χ0n) is 18.1. The fourth-order valence-electron chi connectivity index (χ4n) is 2.76. The largest absolute Gasteiger partial charge is 0.491 e. The molecular weight excluding hydrogens is 396 g/mol. The molecule has 0 aromatic heterocycles. The number of ether oxygens (including phenoxy) is 1. The van der Waals surface area contributed by atoms with Crippen molar-refractivity contribution in [3.63, 3.8) is 0 Å². The minimum Gasteiger partial charge on any atom is -0.491 e. The van der Waals surface area contributed by atoms with Crippen molar-refractivity contribution in [2.24, 2.45) is 5.92 Å². The summed E-state index contributed by atoms with van der Waals surface area (Å²) in [7, 11) is 0. The number of carbonyl (C=O) groups excluding carboxylic acids is 2. The average molecular weight is 424 g/mol. The Balaban J connectivity index is 2.32. The lowest BCUT2D eigenvalue weighted by molar-refractivity contribution is -0.142. The van der Waals surface area contributed by atoms with E-state index in [1.54, 1.807) is 68.4 Å². The Kier molecular flexibility index (Phi) is 8.37. The Labute approximate surface area is 182 Å². The monoisotopic (exact) mass is 424 g/mol. The van der Waals surface area contributed by atoms with Gasteiger partial charge in [-0.05, 0) is 55.7 Å². The molecule has 0 aliphatic heterocycles. The van der Waals surface area contributed by atoms with E-state index in [2.05, 4.69) is 10.6 Å². The summed E-state index contributed by atoms with van der Waals surface area (Å²) in [6.45, 7) is 7.23. The third kappa shape index (κ3) is 7.29. The standard InChI is InChI=1S/C24H28N2O5/c1-15(2)21(24(29)30)26-23(28)20(25-22(27)18-8-6-5-7-9-18)14-17-10-12-19(13-11-17)31-16(3)4/h5-16,21H,1-4H3,(H,25,27)(H,26,28)(H,29,30)/b20-14-/t21-/m0/s1. The van der Waals surface area contributed by atoms with E-state index in [-0.39, 0.29) is 17.7 Å². The van der Waals surface area contributed by atoms with Gasteiger partial charge in [0, 0.05) is 5.56 Å². The SMILES string of the molecule is CC(C)Oc1ccc(/C=C(\NC(=O)c2ccccc2)C(=O)N[C@H](C(=O)O)C(C)C)cc1. The van der Waals surface area contributed by atoms with E-state index >= 15 is 0 Å². The highest BCUT2D eigenvalue weighted by molar-refractivity contribution is 6.06. The van der Waals surface area contributed by atoms with E-state index in [0.717, 1.165) is 0 Å². The van der Waals surface area contributed by atoms with Crippen molar-refractivity contribution in [2.45, 2.75) is 39.8 Å². The minimum absolute atomic E-state index is 0.0249. The number of carbonyl (C=O) groups is 3. The first-order chi connectivity index (χ1) is 14.7. The average Bonchev–Trinajstić information content (AvgIpc) is 2.72. The molecule has 7 nitrogen and oxygen atoms in total. The van der Waals surface area contributed by atoms with E-state index < -0.39 is 23.8 Å². The molecular formula is C24H28N2O5. The number of hydrogen-bond donors (Lipinski definition) is 3. The maximum absolute atomic E-state index is 12.9. The molecule has 0 saturated heterocycles. The lowest BCUT2D eigenvalue weighted by Crippen LogP contribution is -2.47. The van der Waals surface area contributed by atoms with E-state index in [1.165, 1.54) is 6.08 Å². The molecule has 1 atom stereocenters. The number of carboxylic acids is 1. The number of amides is 2. The van der Waals surface area contributed by atoms with Crippen LogP contribution in [-0.4, -0.2) is 35.0 Å². The maximum atomic E-state index is 12.9. The fourth-order valence-corrected chi connectivity index (χ4v) is 2.76. The van der Waals surface area contributed by atoms with Gasteiger partial charge in [-0.25, -0.2) is 4.79 Å². The topological polar surface area (TPSA) is 105 Å². The number of hydrogen-bond acceptors (Lipinski definition) is 4. The van der Waals surface area contributed by atoms with Gasteiger partial charge in [-0.2, -0.15) is 0 Å². The second-order valence-corrected chi connectivity index (χ2v) is 7.65. The summed E-state index contributed by atoms with van der Waals surface area (Å²) in [5.41, 5.74) is 0.963. The van der Waals surface area contributed by atoms with Gasteiger partial charge in [0.1, 0.15) is 17.5 Å². The number of benzene rings is 2. The maximum Gasteiger partial charge on any atom is 0.326 e. The van der Waals surface area contributed by atoms with Crippen LogP contribution in [0.3, 0.4) is 0 Å². The van der Waals surface area contributed by atoms with Gasteiger partial charge in [0.05, 0.1) is 6.10 Å². The molecule has 2 aromatic rings. The van der Waals surface area contributed by atoms with Crippen LogP contribution >= 0.6 is 0 Å². The zero-order valence-corrected chi connectivity index (χ0v) is 18.1. The highest BCUT2D eigenvalue weighted by atomic mass is 16.5. The molecule has 0 heterocycles. The Hall–Kier alpha value is -3.61. The van der Waals surface area contributed by atoms with Crippen LogP contribution in [0.15, 0.2) is 60.3 Å². The van der Waals surface area contributed by atoms with Gasteiger partial charge in [-0.3, -0.25) is 9.59 Å². The minimum atomic E-state index is -1.15. The summed E-state index contributed by atoms with van der Waals surface area (Å²) >= 11 is 0. The molecule has 164 valence electrons. The summed E-state index contributed by atoms with van der Waals surface area (Å²) in [5.74, 6) is -1.96. The van der Waals surface area contributed by atoms with E-state index in [9.17, 15) is 19.5 Å². The lowest BCUT2D eigenvalue weighted by Gasteiger charge is -2.19. The van der Waals surface area contributed by atoms with Crippen LogP contribution < -0.4 is 15.4 Å². The molecule has 0 spiro atoms. The molecule has 0 unspecified atom stereocenters. The van der Waals surface area contributed by atoms with Crippen LogP contribution in [-0.2, 0) is 9.59 Å². The van der Waals surface area contributed by atoms with Crippen LogP contribution in [0.2, 0.25) is 0 Å². The third-order valence-corrected chi connectivity index (χ3v) is 4.31. The van der Waals surface area contributed by atoms with Crippen molar-refractivity contribution in [1.29, 1.82) is 0 Å². The van der Waals surface area contributed by atoms with Crippen LogP contribution in [0.1, 0.15) is 43.6 Å². The van der Waals surface area contributed by atoms with Crippen LogP contribution in [0.5, 0.6) is 5.75 Å². The van der Waals surface area contributed by atoms with Gasteiger partial charge in [0.15, 0.2) is 0 Å². The van der Waals surface area contributed by atoms with Crippen molar-refractivity contribution in [2.75, 3.05) is 0 Å². The van der Waals surface area contributed by atoms with Crippen molar-refractivity contribution in [3.8, 4) is 5.75 Å². The molecule has 0 bridgehead atoms. The summed E-state index contributed by atoms with van der Waals surface area (Å²) in [5, 5.41) is 14.5. The van der Waals surface area contributed by atoms with E-state index in [4.69, 9.17) is 4.74 Å². The molecule has 0 fully saturated rings. The molecule has 0 saturated carbocycles. The summed E-state index contributed by atoms with van der Waals surface area (Å²) in [6, 6.07) is 14.4. The molecule has 3 N–H and O–H groups in total. The number of rotatable bonds is 9. The van der Waals surface area contributed by atoms with E-state index in [1.807, 2.05) is 13.8 Å². The van der Waals surface area contributed by atoms with Crippen LogP contribution in [0.25, 0.3) is 6.08 Å². The van der Waals surface area contributed by atoms with E-state index in [0.29, 0.717) is 16.9 Å². The molecule has 31 heavy (non-hydrogen) atoms. The van der Waals surface area contributed by atoms with Crippen LogP contribution in [0.4, 0.5) is 0 Å². The first-order valence-electron chi connectivity index (χ1n) is 10.1. The van der Waals surface area contributed by atoms with Gasteiger partial charge in [0.25, 0.3) is 11.8 Å². The highest BCUT2D eigenvalue weighted by Gasteiger charge is 2.25. The number of aliphatic carboxylic acids is 1. The first-order valence-corrected chi connectivity index (χ1v) is 10.1. The van der Waals surface area contributed by atoms with Crippen molar-refractivity contribution in [3.05, 3.63) is 71.4 Å². The molecule has 2 aromatic carbocycles. The Bertz CT molecular complexity index is 934. The van der Waals surface area contributed by atoms with Crippen molar-refractivity contribution < 1.29 is 24.2 Å². The Morgan fingerprint density at radius 1 is 0.935 bits per heavy atom. The molecule has 0 aliphatic rings. The number of carboxylic acid groups (broad SMARTS) is 1. The second-order valence-electron chi connectivity index (χ2n) is 7.65. The molecule has 2 rings (SSSR count). The molecule has 2 amide bonds. The summed E-state index contributed by atoms with van der Waals surface area (Å²) < 4.78 is 5.61. The third-order valence-electron chi connectivity index (χ3n) is 4.31. The van der Waals surface area contributed by atoms with Gasteiger partial charge in [-0.15, -0.1) is 0 Å². The lowest BCUT2D eigenvalue weighted by atomic mass is 10.0. The Morgan fingerprint density at radius 3 is 2.06 bits per heavy atom. The van der Waals surface area contributed by atoms with Gasteiger partial charge < -0.3 is 20.5 Å². The van der Waals surface area contributed by atoms with Crippen LogP contribution in [0, 0.1) is 5.92 Å². The predicted molar refractivity (Wildman–Crippen MR) is 118 cm³/mol. The zero-order chi connectivity index (χ0) is 23.0. The second kappa shape index (κ2) is 11.0. The molecule has 7 heteroatoms. The van der Waals surface area contributed by atoms with Gasteiger partial charge in [0.2, 0.25) is 0 Å². The predicted octanol–water partition coefficient (Wildman–Crippen LogP) is 3.47. The number of nitrogens with one attached hydrogen (secondary N) is 2. The quantitative estimate of drug-likeness (QED) is 0.535. The van der Waals surface area contributed by atoms with Gasteiger partial charge >= 0.3 is 5.97 Å². The first kappa shape index (κ1) is 23.7. The van der Waals surface area contributed by atoms with Crippen molar-refractivity contribution in [1.82, 2.24) is 10.6 Å². The van der Waals surface area contributed by atoms with Crippen molar-refractivity contribution >= 4 is 23.9 Å².